The van der Waals surface area contributed by atoms with Crippen molar-refractivity contribution in [1.29, 1.82) is 0 Å². The zero-order chi connectivity index (χ0) is 23.7. The number of rotatable bonds is 5. The van der Waals surface area contributed by atoms with Gasteiger partial charge in [0.25, 0.3) is 5.91 Å². The predicted molar refractivity (Wildman–Crippen MR) is 124 cm³/mol. The molecule has 5 rings (SSSR count). The van der Waals surface area contributed by atoms with Gasteiger partial charge in [-0.3, -0.25) is 4.79 Å². The minimum Gasteiger partial charge on any atom is -0.497 e. The standard InChI is InChI=1S/C24H23FN6O3/c1-33-16-7-8-18(20(15-16)34-2)24(32)30-13-11-29(12-14-30)22-10-9-21-26-27-23(31(21)28-22)17-5-3-4-6-19(17)25/h3-10,15H,11-14H2,1-2H3. The molecule has 10 heteroatoms. The van der Waals surface area contributed by atoms with Crippen LogP contribution in [-0.4, -0.2) is 71.0 Å². The molecule has 2 aromatic carbocycles. The van der Waals surface area contributed by atoms with Gasteiger partial charge < -0.3 is 19.3 Å². The molecular weight excluding hydrogens is 439 g/mol. The molecule has 3 heterocycles. The molecule has 0 aliphatic carbocycles. The Morgan fingerprint density at radius 2 is 1.74 bits per heavy atom. The lowest BCUT2D eigenvalue weighted by Gasteiger charge is -2.35. The van der Waals surface area contributed by atoms with E-state index in [0.717, 1.165) is 0 Å². The molecule has 1 fully saturated rings. The largest absolute Gasteiger partial charge is 0.497 e. The van der Waals surface area contributed by atoms with Crippen LogP contribution in [-0.2, 0) is 0 Å². The van der Waals surface area contributed by atoms with Crippen LogP contribution in [0.2, 0.25) is 0 Å². The van der Waals surface area contributed by atoms with E-state index < -0.39 is 0 Å². The van der Waals surface area contributed by atoms with Crippen LogP contribution in [0.15, 0.2) is 54.6 Å². The van der Waals surface area contributed by atoms with Gasteiger partial charge in [-0.25, -0.2) is 4.39 Å². The number of anilines is 1. The van der Waals surface area contributed by atoms with Crippen LogP contribution >= 0.6 is 0 Å². The minimum absolute atomic E-state index is 0.0942. The van der Waals surface area contributed by atoms with Crippen LogP contribution in [0.4, 0.5) is 10.2 Å². The Bertz CT molecular complexity index is 1350. The highest BCUT2D eigenvalue weighted by molar-refractivity contribution is 5.97. The zero-order valence-corrected chi connectivity index (χ0v) is 18.8. The first-order valence-corrected chi connectivity index (χ1v) is 10.8. The Kier molecular flexibility index (Phi) is 5.70. The smallest absolute Gasteiger partial charge is 0.257 e. The second kappa shape index (κ2) is 8.97. The van der Waals surface area contributed by atoms with E-state index in [2.05, 4.69) is 20.2 Å². The minimum atomic E-state index is -0.384. The summed E-state index contributed by atoms with van der Waals surface area (Å²) < 4.78 is 26.5. The van der Waals surface area contributed by atoms with E-state index in [-0.39, 0.29) is 11.7 Å². The summed E-state index contributed by atoms with van der Waals surface area (Å²) in [7, 11) is 3.10. The fourth-order valence-corrected chi connectivity index (χ4v) is 4.04. The first kappa shape index (κ1) is 21.6. The molecule has 0 spiro atoms. The van der Waals surface area contributed by atoms with Gasteiger partial charge in [-0.2, -0.15) is 4.52 Å². The summed E-state index contributed by atoms with van der Waals surface area (Å²) in [4.78, 5) is 17.0. The van der Waals surface area contributed by atoms with E-state index in [9.17, 15) is 9.18 Å². The van der Waals surface area contributed by atoms with E-state index in [1.54, 1.807) is 59.0 Å². The van der Waals surface area contributed by atoms with Gasteiger partial charge in [-0.15, -0.1) is 15.3 Å². The van der Waals surface area contributed by atoms with Crippen LogP contribution in [0, 0.1) is 5.82 Å². The molecule has 174 valence electrons. The second-order valence-corrected chi connectivity index (χ2v) is 7.81. The summed E-state index contributed by atoms with van der Waals surface area (Å²) in [5, 5.41) is 12.9. The normalized spacial score (nSPS) is 13.9. The van der Waals surface area contributed by atoms with Crippen molar-refractivity contribution in [2.45, 2.75) is 0 Å². The average molecular weight is 462 g/mol. The topological polar surface area (TPSA) is 85.1 Å². The van der Waals surface area contributed by atoms with Crippen LogP contribution in [0.5, 0.6) is 11.5 Å². The molecule has 0 atom stereocenters. The Balaban J connectivity index is 1.34. The molecule has 0 saturated carbocycles. The SMILES string of the molecule is COc1ccc(C(=O)N2CCN(c3ccc4nnc(-c5ccccc5F)n4n3)CC2)c(OC)c1. The summed E-state index contributed by atoms with van der Waals surface area (Å²) in [5.74, 6) is 1.68. The van der Waals surface area contributed by atoms with Gasteiger partial charge in [-0.05, 0) is 36.4 Å². The Morgan fingerprint density at radius 3 is 2.47 bits per heavy atom. The van der Waals surface area contributed by atoms with Gasteiger partial charge in [-0.1, -0.05) is 12.1 Å². The average Bonchev–Trinajstić information content (AvgIpc) is 3.31. The molecule has 0 unspecified atom stereocenters. The first-order chi connectivity index (χ1) is 16.6. The summed E-state index contributed by atoms with van der Waals surface area (Å²) in [6, 6.07) is 15.2. The van der Waals surface area contributed by atoms with Crippen molar-refractivity contribution >= 4 is 17.4 Å². The molecular formula is C24H23FN6O3. The molecule has 1 amide bonds. The maximum atomic E-state index is 14.3. The number of ether oxygens (including phenoxy) is 2. The maximum Gasteiger partial charge on any atom is 0.257 e. The molecule has 2 aromatic heterocycles. The van der Waals surface area contributed by atoms with Gasteiger partial charge in [0.2, 0.25) is 0 Å². The third-order valence-corrected chi connectivity index (χ3v) is 5.89. The maximum absolute atomic E-state index is 14.3. The van der Waals surface area contributed by atoms with E-state index in [1.807, 2.05) is 6.07 Å². The number of carbonyl (C=O) groups is 1. The molecule has 4 aromatic rings. The van der Waals surface area contributed by atoms with Crippen molar-refractivity contribution in [3.8, 4) is 22.9 Å². The molecule has 1 aliphatic rings. The molecule has 0 radical (unpaired) electrons. The van der Waals surface area contributed by atoms with Crippen molar-refractivity contribution in [1.82, 2.24) is 24.7 Å². The summed E-state index contributed by atoms with van der Waals surface area (Å²) in [6.45, 7) is 2.24. The van der Waals surface area contributed by atoms with Crippen molar-refractivity contribution in [2.24, 2.45) is 0 Å². The van der Waals surface area contributed by atoms with Gasteiger partial charge >= 0.3 is 0 Å². The van der Waals surface area contributed by atoms with Crippen molar-refractivity contribution < 1.29 is 18.7 Å². The highest BCUT2D eigenvalue weighted by Gasteiger charge is 2.26. The molecule has 34 heavy (non-hydrogen) atoms. The third kappa shape index (κ3) is 3.87. The molecule has 0 bridgehead atoms. The number of halogens is 1. The summed E-state index contributed by atoms with van der Waals surface area (Å²) >= 11 is 0. The predicted octanol–water partition coefficient (Wildman–Crippen LogP) is 2.91. The van der Waals surface area contributed by atoms with E-state index in [0.29, 0.717) is 66.1 Å². The van der Waals surface area contributed by atoms with Gasteiger partial charge in [0, 0.05) is 32.2 Å². The van der Waals surface area contributed by atoms with Gasteiger partial charge in [0.1, 0.15) is 23.1 Å². The van der Waals surface area contributed by atoms with Gasteiger partial charge in [0.15, 0.2) is 11.5 Å². The third-order valence-electron chi connectivity index (χ3n) is 5.89. The number of benzene rings is 2. The van der Waals surface area contributed by atoms with Crippen LogP contribution < -0.4 is 14.4 Å². The molecule has 1 aliphatic heterocycles. The van der Waals surface area contributed by atoms with Gasteiger partial charge in [0.05, 0.1) is 25.3 Å². The lowest BCUT2D eigenvalue weighted by molar-refractivity contribution is 0.0743. The fraction of sp³-hybridized carbons (Fsp3) is 0.250. The summed E-state index contributed by atoms with van der Waals surface area (Å²) in [5.41, 5.74) is 1.36. The quantitative estimate of drug-likeness (QED) is 0.451. The Morgan fingerprint density at radius 1 is 0.941 bits per heavy atom. The monoisotopic (exact) mass is 462 g/mol. The highest BCUT2D eigenvalue weighted by Crippen LogP contribution is 2.27. The van der Waals surface area contributed by atoms with E-state index in [1.165, 1.54) is 13.2 Å². The number of amides is 1. The number of fused-ring (bicyclic) bond motifs is 1. The highest BCUT2D eigenvalue weighted by atomic mass is 19.1. The summed E-state index contributed by atoms with van der Waals surface area (Å²) in [6.07, 6.45) is 0. The molecule has 1 saturated heterocycles. The van der Waals surface area contributed by atoms with E-state index >= 15 is 0 Å². The number of methoxy groups -OCH3 is 2. The van der Waals surface area contributed by atoms with Crippen molar-refractivity contribution in [3.05, 3.63) is 66.0 Å². The Labute approximate surface area is 195 Å². The molecule has 9 nitrogen and oxygen atoms in total. The van der Waals surface area contributed by atoms with E-state index in [4.69, 9.17) is 9.47 Å². The van der Waals surface area contributed by atoms with Crippen LogP contribution in [0.25, 0.3) is 17.0 Å². The molecule has 0 N–H and O–H groups in total. The van der Waals surface area contributed by atoms with Crippen LogP contribution in [0.3, 0.4) is 0 Å². The number of nitrogens with zero attached hydrogens (tertiary/aromatic N) is 6. The zero-order valence-electron chi connectivity index (χ0n) is 18.8. The van der Waals surface area contributed by atoms with Crippen molar-refractivity contribution in [3.63, 3.8) is 0 Å². The number of hydrogen-bond donors (Lipinski definition) is 0. The Hall–Kier alpha value is -4.21. The lowest BCUT2D eigenvalue weighted by Crippen LogP contribution is -2.49. The fourth-order valence-electron chi connectivity index (χ4n) is 4.04. The number of carbonyl (C=O) groups excluding carboxylic acids is 1. The number of aromatic nitrogens is 4. The second-order valence-electron chi connectivity index (χ2n) is 7.81. The lowest BCUT2D eigenvalue weighted by atomic mass is 10.1. The number of hydrogen-bond acceptors (Lipinski definition) is 7. The first-order valence-electron chi connectivity index (χ1n) is 10.8. The number of piperazine rings is 1. The van der Waals surface area contributed by atoms with Crippen LogP contribution in [0.1, 0.15) is 10.4 Å². The van der Waals surface area contributed by atoms with Crippen molar-refractivity contribution in [2.75, 3.05) is 45.3 Å².